The molecule has 0 aliphatic carbocycles. The first-order valence-corrected chi connectivity index (χ1v) is 4.78. The highest BCUT2D eigenvalue weighted by atomic mass is 16.5. The summed E-state index contributed by atoms with van der Waals surface area (Å²) in [6.07, 6.45) is 1.39. The van der Waals surface area contributed by atoms with E-state index in [2.05, 4.69) is 0 Å². The molecular weight excluding hydrogens is 202 g/mol. The Labute approximate surface area is 93.6 Å². The first-order chi connectivity index (χ1) is 7.68. The Balaban J connectivity index is 2.56. The summed E-state index contributed by atoms with van der Waals surface area (Å²) < 4.78 is 0.960. The molecule has 0 aliphatic heterocycles. The minimum absolute atomic E-state index is 0.365. The summed E-state index contributed by atoms with van der Waals surface area (Å²) in [5, 5.41) is 9.63. The third-order valence-corrected chi connectivity index (χ3v) is 2.29. The second-order valence-electron chi connectivity index (χ2n) is 3.38. The third-order valence-electron chi connectivity index (χ3n) is 2.29. The Hall–Kier alpha value is -2.16. The van der Waals surface area contributed by atoms with E-state index in [9.17, 15) is 10.0 Å². The van der Waals surface area contributed by atoms with E-state index in [1.54, 1.807) is 6.07 Å². The minimum Gasteiger partial charge on any atom is -0.294 e. The molecule has 1 N–H and O–H groups in total. The zero-order valence-corrected chi connectivity index (χ0v) is 8.50. The molecule has 0 saturated carbocycles. The van der Waals surface area contributed by atoms with Crippen molar-refractivity contribution >= 4 is 5.78 Å². The Morgan fingerprint density at radius 1 is 1.19 bits per heavy atom. The van der Waals surface area contributed by atoms with Gasteiger partial charge in [0.15, 0.2) is 5.78 Å². The van der Waals surface area contributed by atoms with E-state index in [4.69, 9.17) is 6.92 Å². The van der Waals surface area contributed by atoms with Crippen molar-refractivity contribution in [2.75, 3.05) is 0 Å². The number of ketones is 1. The Kier molecular flexibility index (Phi) is 2.68. The molecule has 0 bridgehead atoms. The van der Waals surface area contributed by atoms with Gasteiger partial charge in [0.2, 0.25) is 6.20 Å². The maximum Gasteiger partial charge on any atom is 0.265 e. The number of nitrogens with zero attached hydrogens (tertiary/aromatic N) is 1. The highest BCUT2D eigenvalue weighted by Crippen LogP contribution is 2.15. The van der Waals surface area contributed by atoms with Gasteiger partial charge in [-0.3, -0.25) is 10.0 Å². The minimum atomic E-state index is -0.516. The number of carbonyl (C=O) groups is 1. The largest absolute Gasteiger partial charge is 0.294 e. The van der Waals surface area contributed by atoms with E-state index in [0.717, 1.165) is 10.3 Å². The highest BCUT2D eigenvalue weighted by Gasteiger charge is 2.14. The molecule has 3 nitrogen and oxygen atoms in total. The van der Waals surface area contributed by atoms with Crippen LogP contribution in [0, 0.1) is 6.92 Å². The van der Waals surface area contributed by atoms with Crippen LogP contribution in [0.5, 0.6) is 0 Å². The predicted octanol–water partition coefficient (Wildman–Crippen LogP) is 1.77. The van der Waals surface area contributed by atoms with Gasteiger partial charge in [-0.2, -0.15) is 0 Å². The van der Waals surface area contributed by atoms with Crippen molar-refractivity contribution in [3.8, 4) is 11.3 Å². The van der Waals surface area contributed by atoms with Gasteiger partial charge in [-0.15, -0.1) is 0 Å². The molecule has 3 heteroatoms. The molecule has 0 fully saturated rings. The number of aromatic nitrogens is 1. The smallest absolute Gasteiger partial charge is 0.265 e. The summed E-state index contributed by atoms with van der Waals surface area (Å²) in [7, 11) is 0. The highest BCUT2D eigenvalue weighted by molar-refractivity contribution is 5.99. The lowest BCUT2D eigenvalue weighted by molar-refractivity contribution is -0.896. The molecule has 1 aromatic carbocycles. The van der Waals surface area contributed by atoms with Crippen molar-refractivity contribution < 1.29 is 14.7 Å². The van der Waals surface area contributed by atoms with E-state index < -0.39 is 5.78 Å². The van der Waals surface area contributed by atoms with Crippen LogP contribution in [-0.2, 0) is 0 Å². The average molecular weight is 212 g/mol. The van der Waals surface area contributed by atoms with E-state index in [0.29, 0.717) is 11.3 Å². The summed E-state index contributed by atoms with van der Waals surface area (Å²) in [4.78, 5) is 11.0. The van der Waals surface area contributed by atoms with Crippen LogP contribution in [0.25, 0.3) is 11.3 Å². The van der Waals surface area contributed by atoms with Crippen molar-refractivity contribution in [3.05, 3.63) is 61.1 Å². The molecule has 0 saturated heterocycles. The molecule has 2 radical (unpaired) electrons. The normalized spacial score (nSPS) is 10.1. The van der Waals surface area contributed by atoms with Crippen molar-refractivity contribution in [1.82, 2.24) is 0 Å². The maximum atomic E-state index is 11.0. The summed E-state index contributed by atoms with van der Waals surface area (Å²) >= 11 is 0. The first-order valence-electron chi connectivity index (χ1n) is 4.78. The molecular formula is C13H10NO2+. The van der Waals surface area contributed by atoms with Crippen LogP contribution < -0.4 is 4.73 Å². The van der Waals surface area contributed by atoms with Gasteiger partial charge in [-0.05, 0) is 12.1 Å². The van der Waals surface area contributed by atoms with Crippen LogP contribution in [0.4, 0.5) is 0 Å². The van der Waals surface area contributed by atoms with Crippen LogP contribution >= 0.6 is 0 Å². The molecule has 0 unspecified atom stereocenters. The van der Waals surface area contributed by atoms with E-state index in [-0.39, 0.29) is 0 Å². The third kappa shape index (κ3) is 1.93. The standard InChI is InChI=1S/C13H10NO2/c1-10(15)12-7-8-14(16)13(9-12)11-5-3-2-4-6-11/h1-9,16H/q+1. The van der Waals surface area contributed by atoms with Crippen LogP contribution in [-0.4, -0.2) is 11.0 Å². The molecule has 2 rings (SSSR count). The van der Waals surface area contributed by atoms with Gasteiger partial charge in [0.1, 0.15) is 0 Å². The molecule has 1 aromatic heterocycles. The molecule has 0 atom stereocenters. The van der Waals surface area contributed by atoms with Gasteiger partial charge < -0.3 is 0 Å². The number of benzene rings is 1. The first kappa shape index (κ1) is 10.4. The van der Waals surface area contributed by atoms with Crippen molar-refractivity contribution in [2.45, 2.75) is 0 Å². The van der Waals surface area contributed by atoms with Crippen molar-refractivity contribution in [3.63, 3.8) is 0 Å². The number of carbonyl (C=O) groups excluding carboxylic acids is 1. The van der Waals surface area contributed by atoms with E-state index in [1.165, 1.54) is 12.3 Å². The van der Waals surface area contributed by atoms with Gasteiger partial charge >= 0.3 is 0 Å². The Morgan fingerprint density at radius 2 is 1.88 bits per heavy atom. The van der Waals surface area contributed by atoms with E-state index >= 15 is 0 Å². The lowest BCUT2D eigenvalue weighted by Crippen LogP contribution is -2.32. The van der Waals surface area contributed by atoms with Gasteiger partial charge in [0.25, 0.3) is 5.69 Å². The van der Waals surface area contributed by atoms with Crippen molar-refractivity contribution in [2.24, 2.45) is 0 Å². The number of Topliss-reactive ketones (excluding diaryl/α,β-unsaturated/α-hetero) is 1. The fourth-order valence-corrected chi connectivity index (χ4v) is 1.47. The number of hydrogen-bond acceptors (Lipinski definition) is 2. The summed E-state index contributed by atoms with van der Waals surface area (Å²) in [5.74, 6) is -0.516. The summed E-state index contributed by atoms with van der Waals surface area (Å²) in [5.41, 5.74) is 1.70. The van der Waals surface area contributed by atoms with Gasteiger partial charge in [-0.25, -0.2) is 0 Å². The monoisotopic (exact) mass is 212 g/mol. The van der Waals surface area contributed by atoms with Gasteiger partial charge in [-0.1, -0.05) is 18.2 Å². The summed E-state index contributed by atoms with van der Waals surface area (Å²) in [6, 6.07) is 12.3. The predicted molar refractivity (Wildman–Crippen MR) is 57.9 cm³/mol. The van der Waals surface area contributed by atoms with Crippen LogP contribution in [0.1, 0.15) is 10.4 Å². The molecule has 0 amide bonds. The quantitative estimate of drug-likeness (QED) is 0.468. The molecule has 2 aromatic rings. The molecule has 0 aliphatic rings. The number of pyridine rings is 1. The zero-order chi connectivity index (χ0) is 11.5. The van der Waals surface area contributed by atoms with Crippen LogP contribution in [0.2, 0.25) is 0 Å². The Morgan fingerprint density at radius 3 is 2.50 bits per heavy atom. The second-order valence-corrected chi connectivity index (χ2v) is 3.38. The zero-order valence-electron chi connectivity index (χ0n) is 8.50. The number of hydrogen-bond donors (Lipinski definition) is 1. The van der Waals surface area contributed by atoms with Crippen molar-refractivity contribution in [1.29, 1.82) is 0 Å². The number of rotatable bonds is 2. The fraction of sp³-hybridized carbons (Fsp3) is 0. The molecule has 16 heavy (non-hydrogen) atoms. The van der Waals surface area contributed by atoms with Gasteiger partial charge in [0, 0.05) is 29.4 Å². The van der Waals surface area contributed by atoms with Gasteiger partial charge in [0.05, 0.1) is 5.56 Å². The Bertz CT molecular complexity index is 521. The topological polar surface area (TPSA) is 41.2 Å². The summed E-state index contributed by atoms with van der Waals surface area (Å²) in [6.45, 7) is 5.18. The lowest BCUT2D eigenvalue weighted by Gasteiger charge is -1.98. The molecule has 1 heterocycles. The lowest BCUT2D eigenvalue weighted by atomic mass is 10.1. The second kappa shape index (κ2) is 4.14. The van der Waals surface area contributed by atoms with E-state index in [1.807, 2.05) is 30.3 Å². The maximum absolute atomic E-state index is 11.0. The fourth-order valence-electron chi connectivity index (χ4n) is 1.47. The van der Waals surface area contributed by atoms with Crippen LogP contribution in [0.3, 0.4) is 0 Å². The van der Waals surface area contributed by atoms with Crippen LogP contribution in [0.15, 0.2) is 48.7 Å². The molecule has 78 valence electrons. The molecule has 0 spiro atoms. The average Bonchev–Trinajstić information content (AvgIpc) is 2.30. The SMILES string of the molecule is [CH]C(=O)c1cc[n+](O)c(-c2ccccc2)c1.